The van der Waals surface area contributed by atoms with E-state index in [4.69, 9.17) is 0 Å². The van der Waals surface area contributed by atoms with E-state index in [0.29, 0.717) is 6.42 Å². The van der Waals surface area contributed by atoms with Crippen molar-refractivity contribution in [2.45, 2.75) is 42.7 Å². The minimum Gasteiger partial charge on any atom is -0.469 e. The molecule has 6 nitrogen and oxygen atoms in total. The van der Waals surface area contributed by atoms with Crippen LogP contribution < -0.4 is 10.6 Å². The van der Waals surface area contributed by atoms with Gasteiger partial charge in [0.15, 0.2) is 5.72 Å². The molecule has 3 N–H and O–H groups in total. The normalized spacial score (nSPS) is 33.8. The number of hydrogen-bond acceptors (Lipinski definition) is 5. The van der Waals surface area contributed by atoms with Crippen LogP contribution in [0.3, 0.4) is 0 Å². The molecule has 2 saturated heterocycles. The summed E-state index contributed by atoms with van der Waals surface area (Å²) in [6.45, 7) is 0. The van der Waals surface area contributed by atoms with E-state index in [1.54, 1.807) is 11.8 Å². The maximum Gasteiger partial charge on any atom is 0.317 e. The van der Waals surface area contributed by atoms with Crippen LogP contribution in [0, 0.1) is 0 Å². The lowest BCUT2D eigenvalue weighted by molar-refractivity contribution is -0.140. The number of carbonyl (C=O) groups is 2. The highest BCUT2D eigenvalue weighted by molar-refractivity contribution is 8.00. The van der Waals surface area contributed by atoms with Crippen LogP contribution in [-0.4, -0.2) is 47.0 Å². The van der Waals surface area contributed by atoms with Crippen LogP contribution in [0.2, 0.25) is 0 Å². The number of fused-ring (bicyclic) bond motifs is 1. The lowest BCUT2D eigenvalue weighted by atomic mass is 9.99. The zero-order chi connectivity index (χ0) is 13.2. The maximum absolute atomic E-state index is 11.2. The second-order valence-electron chi connectivity index (χ2n) is 4.62. The maximum atomic E-state index is 11.2. The third-order valence-electron chi connectivity index (χ3n) is 3.43. The predicted molar refractivity (Wildman–Crippen MR) is 67.1 cm³/mol. The standard InChI is InChI=1S/C11H18N2O4S/c1-17-9(14)5-3-2-4-8-11(16)7(6-18-8)12-10(15)13-11/h7-8,16H,2-6H2,1H3,(H2,12,13,15)/t7-,8-,11?/m1/s1. The highest BCUT2D eigenvalue weighted by Gasteiger charge is 2.55. The summed E-state index contributed by atoms with van der Waals surface area (Å²) in [4.78, 5) is 22.2. The van der Waals surface area contributed by atoms with Gasteiger partial charge in [-0.2, -0.15) is 11.8 Å². The van der Waals surface area contributed by atoms with Crippen LogP contribution in [0.25, 0.3) is 0 Å². The zero-order valence-electron chi connectivity index (χ0n) is 10.3. The van der Waals surface area contributed by atoms with Crippen molar-refractivity contribution in [2.75, 3.05) is 12.9 Å². The van der Waals surface area contributed by atoms with E-state index in [1.165, 1.54) is 7.11 Å². The van der Waals surface area contributed by atoms with Gasteiger partial charge in [-0.1, -0.05) is 6.42 Å². The van der Waals surface area contributed by atoms with Gasteiger partial charge in [-0.3, -0.25) is 4.79 Å². The number of methoxy groups -OCH3 is 1. The molecule has 2 amide bonds. The number of esters is 1. The largest absolute Gasteiger partial charge is 0.469 e. The molecule has 0 aliphatic carbocycles. The van der Waals surface area contributed by atoms with Gasteiger partial charge in [0.05, 0.1) is 18.4 Å². The Morgan fingerprint density at radius 3 is 3.11 bits per heavy atom. The van der Waals surface area contributed by atoms with Crippen LogP contribution in [-0.2, 0) is 9.53 Å². The Morgan fingerprint density at radius 1 is 1.61 bits per heavy atom. The Labute approximate surface area is 110 Å². The minimum atomic E-state index is -1.13. The number of thioether (sulfide) groups is 1. The Bertz CT molecular complexity index is 352. The smallest absolute Gasteiger partial charge is 0.317 e. The van der Waals surface area contributed by atoms with E-state index in [2.05, 4.69) is 15.4 Å². The van der Waals surface area contributed by atoms with Gasteiger partial charge in [0, 0.05) is 12.2 Å². The zero-order valence-corrected chi connectivity index (χ0v) is 11.1. The average Bonchev–Trinajstić information content (AvgIpc) is 2.77. The van der Waals surface area contributed by atoms with Crippen LogP contribution in [0.5, 0.6) is 0 Å². The Kier molecular flexibility index (Phi) is 4.01. The van der Waals surface area contributed by atoms with Crippen LogP contribution >= 0.6 is 11.8 Å². The molecular formula is C11H18N2O4S. The first-order valence-corrected chi connectivity index (χ1v) is 7.10. The molecule has 2 aliphatic rings. The highest BCUT2D eigenvalue weighted by Crippen LogP contribution is 2.39. The summed E-state index contributed by atoms with van der Waals surface area (Å²) in [7, 11) is 1.38. The van der Waals surface area contributed by atoms with Gasteiger partial charge in [-0.15, -0.1) is 0 Å². The van der Waals surface area contributed by atoms with Gasteiger partial charge < -0.3 is 20.5 Å². The van der Waals surface area contributed by atoms with E-state index in [9.17, 15) is 14.7 Å². The molecule has 18 heavy (non-hydrogen) atoms. The summed E-state index contributed by atoms with van der Waals surface area (Å²) in [6, 6.07) is -0.511. The van der Waals surface area contributed by atoms with E-state index >= 15 is 0 Å². The van der Waals surface area contributed by atoms with Crippen LogP contribution in [0.1, 0.15) is 25.7 Å². The molecule has 0 aromatic heterocycles. The van der Waals surface area contributed by atoms with Gasteiger partial charge in [-0.25, -0.2) is 4.79 Å². The van der Waals surface area contributed by atoms with Gasteiger partial charge >= 0.3 is 12.0 Å². The van der Waals surface area contributed by atoms with Crippen molar-refractivity contribution < 1.29 is 19.4 Å². The number of aliphatic hydroxyl groups is 1. The number of unbranched alkanes of at least 4 members (excludes halogenated alkanes) is 1. The van der Waals surface area contributed by atoms with E-state index < -0.39 is 5.72 Å². The minimum absolute atomic E-state index is 0.0147. The molecule has 2 rings (SSSR count). The summed E-state index contributed by atoms with van der Waals surface area (Å²) in [5, 5.41) is 15.7. The number of carbonyl (C=O) groups excluding carboxylic acids is 2. The van der Waals surface area contributed by atoms with Crippen molar-refractivity contribution in [1.29, 1.82) is 0 Å². The van der Waals surface area contributed by atoms with Crippen LogP contribution in [0.15, 0.2) is 0 Å². The van der Waals surface area contributed by atoms with E-state index in [1.807, 2.05) is 0 Å². The summed E-state index contributed by atoms with van der Waals surface area (Å²) in [5.41, 5.74) is -1.13. The van der Waals surface area contributed by atoms with Gasteiger partial charge in [0.25, 0.3) is 0 Å². The fraction of sp³-hybridized carbons (Fsp3) is 0.818. The SMILES string of the molecule is COC(=O)CCCC[C@H]1SC[C@H]2NC(=O)NC21O. The average molecular weight is 274 g/mol. The lowest BCUT2D eigenvalue weighted by Gasteiger charge is -2.27. The molecule has 0 spiro atoms. The topological polar surface area (TPSA) is 87.7 Å². The third-order valence-corrected chi connectivity index (χ3v) is 4.95. The van der Waals surface area contributed by atoms with Crippen molar-refractivity contribution in [3.05, 3.63) is 0 Å². The molecule has 2 aliphatic heterocycles. The first-order valence-electron chi connectivity index (χ1n) is 6.05. The Morgan fingerprint density at radius 2 is 2.39 bits per heavy atom. The van der Waals surface area contributed by atoms with Crippen LogP contribution in [0.4, 0.5) is 4.79 Å². The third kappa shape index (κ3) is 2.56. The summed E-state index contributed by atoms with van der Waals surface area (Å²) in [6.07, 6.45) is 2.75. The molecule has 1 unspecified atom stereocenters. The predicted octanol–water partition coefficient (Wildman–Crippen LogP) is 0.205. The second-order valence-corrected chi connectivity index (χ2v) is 5.86. The summed E-state index contributed by atoms with van der Waals surface area (Å²) in [5.74, 6) is 0.512. The lowest BCUT2D eigenvalue weighted by Crippen LogP contribution is -2.53. The van der Waals surface area contributed by atoms with Crippen molar-refractivity contribution >= 4 is 23.8 Å². The fourth-order valence-electron chi connectivity index (χ4n) is 2.39. The molecule has 7 heteroatoms. The number of urea groups is 1. The van der Waals surface area contributed by atoms with E-state index in [0.717, 1.165) is 25.0 Å². The van der Waals surface area contributed by atoms with Gasteiger partial charge in [-0.05, 0) is 12.8 Å². The van der Waals surface area contributed by atoms with Crippen molar-refractivity contribution in [3.8, 4) is 0 Å². The number of rotatable bonds is 5. The first-order chi connectivity index (χ1) is 8.56. The number of ether oxygens (including phenoxy) is 1. The van der Waals surface area contributed by atoms with Crippen molar-refractivity contribution in [2.24, 2.45) is 0 Å². The molecular weight excluding hydrogens is 256 g/mol. The summed E-state index contributed by atoms with van der Waals surface area (Å²) >= 11 is 1.66. The van der Waals surface area contributed by atoms with E-state index in [-0.39, 0.29) is 23.3 Å². The number of amides is 2. The molecule has 0 aromatic carbocycles. The van der Waals surface area contributed by atoms with Gasteiger partial charge in [0.1, 0.15) is 0 Å². The molecule has 2 heterocycles. The quantitative estimate of drug-likeness (QED) is 0.379. The molecule has 2 fully saturated rings. The molecule has 0 radical (unpaired) electrons. The molecule has 102 valence electrons. The van der Waals surface area contributed by atoms with Crippen molar-refractivity contribution in [3.63, 3.8) is 0 Å². The molecule has 0 saturated carbocycles. The molecule has 0 bridgehead atoms. The molecule has 0 aromatic rings. The number of hydrogen-bond donors (Lipinski definition) is 3. The summed E-state index contributed by atoms with van der Waals surface area (Å²) < 4.78 is 4.56. The number of nitrogens with one attached hydrogen (secondary N) is 2. The monoisotopic (exact) mass is 274 g/mol. The fourth-order valence-corrected chi connectivity index (χ4v) is 3.96. The molecule has 3 atom stereocenters. The second kappa shape index (κ2) is 5.36. The highest BCUT2D eigenvalue weighted by atomic mass is 32.2. The van der Waals surface area contributed by atoms with Crippen molar-refractivity contribution in [1.82, 2.24) is 10.6 Å². The Balaban J connectivity index is 1.77. The van der Waals surface area contributed by atoms with Gasteiger partial charge in [0.2, 0.25) is 0 Å². The Hall–Kier alpha value is -0.950. The first kappa shape index (κ1) is 13.5.